The molecule has 2 amide bonds. The molecule has 1 fully saturated rings. The van der Waals surface area contributed by atoms with Crippen LogP contribution in [0.2, 0.25) is 10.0 Å². The van der Waals surface area contributed by atoms with Crippen LogP contribution in [0.4, 0.5) is 5.95 Å². The number of carbonyl (C=O) groups excluding carboxylic acids is 2. The summed E-state index contributed by atoms with van der Waals surface area (Å²) in [6, 6.07) is 5.14. The lowest BCUT2D eigenvalue weighted by atomic mass is 9.69. The van der Waals surface area contributed by atoms with Crippen LogP contribution in [0.15, 0.2) is 47.0 Å². The number of tetrazole rings is 1. The number of nitrogens with zero attached hydrogens (tertiary/aromatic N) is 5. The van der Waals surface area contributed by atoms with Gasteiger partial charge in [-0.15, -0.1) is 5.10 Å². The fourth-order valence-electron chi connectivity index (χ4n) is 5.64. The summed E-state index contributed by atoms with van der Waals surface area (Å²) in [5, 5.41) is 16.9. The lowest BCUT2D eigenvalue weighted by Crippen LogP contribution is -2.50. The number of amides is 2. The number of carbonyl (C=O) groups is 2. The number of rotatable bonds is 5. The van der Waals surface area contributed by atoms with E-state index in [0.29, 0.717) is 40.2 Å². The zero-order valence-electron chi connectivity index (χ0n) is 21.7. The molecule has 200 valence electrons. The molecule has 1 spiro atoms. The minimum Gasteiger partial charge on any atom is -0.308 e. The first kappa shape index (κ1) is 26.6. The second-order valence-corrected chi connectivity index (χ2v) is 12.2. The summed E-state index contributed by atoms with van der Waals surface area (Å²) >= 11 is 12.5. The number of allylic oxidation sites excluding steroid dienone is 1. The van der Waals surface area contributed by atoms with Gasteiger partial charge in [0.15, 0.2) is 0 Å². The largest absolute Gasteiger partial charge is 0.308 e. The second kappa shape index (κ2) is 10.3. The van der Waals surface area contributed by atoms with Crippen LogP contribution in [-0.2, 0) is 9.59 Å². The Kier molecular flexibility index (Phi) is 7.17. The molecule has 1 aliphatic heterocycles. The van der Waals surface area contributed by atoms with E-state index in [1.165, 1.54) is 0 Å². The first-order chi connectivity index (χ1) is 18.0. The SMILES string of the molecule is CC(C)(C)C1CCC2(CC1)N=C(c1cc(Cl)cc(Cl)c1)C(=O)N2CC1=CCC(C(=O)Nc2nn[nH]n2)C=C1. The summed E-state index contributed by atoms with van der Waals surface area (Å²) in [6.45, 7) is 7.24. The van der Waals surface area contributed by atoms with Gasteiger partial charge in [-0.2, -0.15) is 5.21 Å². The number of hydrogen-bond donors (Lipinski definition) is 2. The Morgan fingerprint density at radius 3 is 2.47 bits per heavy atom. The van der Waals surface area contributed by atoms with Crippen LogP contribution in [-0.4, -0.2) is 55.3 Å². The zero-order chi connectivity index (χ0) is 27.1. The van der Waals surface area contributed by atoms with E-state index >= 15 is 0 Å². The number of H-pyrrole nitrogens is 1. The number of nitrogens with one attached hydrogen (secondary N) is 2. The van der Waals surface area contributed by atoms with Gasteiger partial charge in [-0.3, -0.25) is 19.9 Å². The van der Waals surface area contributed by atoms with Crippen LogP contribution in [0.5, 0.6) is 0 Å². The van der Waals surface area contributed by atoms with Crippen LogP contribution < -0.4 is 5.32 Å². The van der Waals surface area contributed by atoms with Crippen LogP contribution in [0.25, 0.3) is 0 Å². The highest BCUT2D eigenvalue weighted by molar-refractivity contribution is 6.47. The predicted octanol–water partition coefficient (Wildman–Crippen LogP) is 5.21. The first-order valence-corrected chi connectivity index (χ1v) is 13.6. The smallest absolute Gasteiger partial charge is 0.274 e. The molecule has 1 atom stereocenters. The Bertz CT molecular complexity index is 1300. The minimum atomic E-state index is -0.607. The van der Waals surface area contributed by atoms with Gasteiger partial charge in [0.05, 0.1) is 5.92 Å². The summed E-state index contributed by atoms with van der Waals surface area (Å²) in [6.07, 6.45) is 9.87. The topological polar surface area (TPSA) is 116 Å². The van der Waals surface area contributed by atoms with E-state index in [-0.39, 0.29) is 29.1 Å². The van der Waals surface area contributed by atoms with E-state index in [9.17, 15) is 9.59 Å². The lowest BCUT2D eigenvalue weighted by Gasteiger charge is -2.45. The molecule has 1 aromatic heterocycles. The first-order valence-electron chi connectivity index (χ1n) is 12.8. The summed E-state index contributed by atoms with van der Waals surface area (Å²) in [7, 11) is 0. The molecule has 3 aliphatic rings. The monoisotopic (exact) mass is 555 g/mol. The maximum absolute atomic E-state index is 13.9. The van der Waals surface area contributed by atoms with Crippen molar-refractivity contribution in [2.45, 2.75) is 58.5 Å². The summed E-state index contributed by atoms with van der Waals surface area (Å²) in [5.41, 5.74) is 1.61. The Hall–Kier alpha value is -3.04. The van der Waals surface area contributed by atoms with E-state index in [1.54, 1.807) is 18.2 Å². The van der Waals surface area contributed by atoms with Gasteiger partial charge in [0.1, 0.15) is 11.4 Å². The van der Waals surface area contributed by atoms with Crippen molar-refractivity contribution in [3.05, 3.63) is 57.6 Å². The molecule has 11 heteroatoms. The molecule has 2 N–H and O–H groups in total. The van der Waals surface area contributed by atoms with Crippen molar-refractivity contribution >= 4 is 46.7 Å². The molecule has 38 heavy (non-hydrogen) atoms. The average Bonchev–Trinajstić information content (AvgIpc) is 3.46. The van der Waals surface area contributed by atoms with Gasteiger partial charge in [0.25, 0.3) is 11.9 Å². The highest BCUT2D eigenvalue weighted by atomic mass is 35.5. The summed E-state index contributed by atoms with van der Waals surface area (Å²) in [5.74, 6) is 0.0132. The Morgan fingerprint density at radius 2 is 1.89 bits per heavy atom. The van der Waals surface area contributed by atoms with Gasteiger partial charge >= 0.3 is 0 Å². The molecule has 1 aromatic carbocycles. The van der Waals surface area contributed by atoms with Gasteiger partial charge in [-0.25, -0.2) is 0 Å². The van der Waals surface area contributed by atoms with Crippen LogP contribution in [0, 0.1) is 17.3 Å². The number of halogens is 2. The van der Waals surface area contributed by atoms with E-state index in [4.69, 9.17) is 28.2 Å². The summed E-state index contributed by atoms with van der Waals surface area (Å²) in [4.78, 5) is 33.4. The fraction of sp³-hybridized carbons (Fsp3) is 0.481. The predicted molar refractivity (Wildman–Crippen MR) is 147 cm³/mol. The number of aromatic amines is 1. The minimum absolute atomic E-state index is 0.121. The Balaban J connectivity index is 1.36. The van der Waals surface area contributed by atoms with Gasteiger partial charge in [0.2, 0.25) is 5.91 Å². The second-order valence-electron chi connectivity index (χ2n) is 11.3. The third kappa shape index (κ3) is 5.40. The van der Waals surface area contributed by atoms with Gasteiger partial charge in [-0.05, 0) is 72.4 Å². The third-order valence-corrected chi connectivity index (χ3v) is 8.29. The van der Waals surface area contributed by atoms with E-state index < -0.39 is 5.66 Å². The van der Waals surface area contributed by atoms with Crippen LogP contribution in [0.1, 0.15) is 58.4 Å². The molecule has 1 unspecified atom stereocenters. The molecular formula is C27H31Cl2N7O2. The summed E-state index contributed by atoms with van der Waals surface area (Å²) < 4.78 is 0. The van der Waals surface area contributed by atoms with Gasteiger partial charge < -0.3 is 4.90 Å². The van der Waals surface area contributed by atoms with Crippen LogP contribution in [0.3, 0.4) is 0 Å². The molecule has 2 heterocycles. The molecular weight excluding hydrogens is 525 g/mol. The molecule has 0 saturated heterocycles. The number of aromatic nitrogens is 4. The number of hydrogen-bond acceptors (Lipinski definition) is 6. The van der Waals surface area contributed by atoms with Crippen molar-refractivity contribution in [1.29, 1.82) is 0 Å². The maximum Gasteiger partial charge on any atom is 0.274 e. The third-order valence-electron chi connectivity index (χ3n) is 7.85. The van der Waals surface area contributed by atoms with E-state index in [0.717, 1.165) is 31.3 Å². The van der Waals surface area contributed by atoms with Crippen molar-refractivity contribution in [1.82, 2.24) is 25.5 Å². The van der Waals surface area contributed by atoms with Crippen molar-refractivity contribution in [3.63, 3.8) is 0 Å². The van der Waals surface area contributed by atoms with Gasteiger partial charge in [-0.1, -0.05) is 67.3 Å². The highest BCUT2D eigenvalue weighted by Crippen LogP contribution is 2.47. The molecule has 0 radical (unpaired) electrons. The molecule has 2 aliphatic carbocycles. The average molecular weight is 556 g/mol. The van der Waals surface area contributed by atoms with Crippen molar-refractivity contribution < 1.29 is 9.59 Å². The highest BCUT2D eigenvalue weighted by Gasteiger charge is 2.50. The molecule has 2 aromatic rings. The van der Waals surface area contributed by atoms with Crippen LogP contribution >= 0.6 is 23.2 Å². The maximum atomic E-state index is 13.9. The number of aliphatic imine (C=N–C) groups is 1. The molecule has 5 rings (SSSR count). The lowest BCUT2D eigenvalue weighted by molar-refractivity contribution is -0.129. The number of benzene rings is 1. The van der Waals surface area contributed by atoms with E-state index in [1.807, 2.05) is 23.1 Å². The fourth-order valence-corrected chi connectivity index (χ4v) is 6.16. The van der Waals surface area contributed by atoms with Crippen molar-refractivity contribution in [2.75, 3.05) is 11.9 Å². The van der Waals surface area contributed by atoms with Crippen molar-refractivity contribution in [2.24, 2.45) is 22.2 Å². The molecule has 1 saturated carbocycles. The normalized spacial score (nSPS) is 25.5. The molecule has 9 nitrogen and oxygen atoms in total. The quantitative estimate of drug-likeness (QED) is 0.525. The Labute approximate surface area is 231 Å². The van der Waals surface area contributed by atoms with Crippen molar-refractivity contribution in [3.8, 4) is 0 Å². The standard InChI is InChI=1S/C27H31Cl2N7O2/c1-26(2,3)19-8-10-27(11-9-19)31-22(18-12-20(28)14-21(29)13-18)24(38)36(27)15-16-4-6-17(7-5-16)23(37)30-25-32-34-35-33-25/h4-6,12-14,17,19H,7-11,15H2,1-3H3,(H2,30,32,33,34,35,37). The number of anilines is 1. The zero-order valence-corrected chi connectivity index (χ0v) is 23.2. The van der Waals surface area contributed by atoms with E-state index in [2.05, 4.69) is 46.7 Å². The Morgan fingerprint density at radius 1 is 1.18 bits per heavy atom. The van der Waals surface area contributed by atoms with Gasteiger partial charge in [0, 0.05) is 22.2 Å². The molecule has 0 bridgehead atoms.